The fourth-order valence-electron chi connectivity index (χ4n) is 1.40. The second-order valence-corrected chi connectivity index (χ2v) is 5.38. The number of nitrogens with zero attached hydrogens (tertiary/aromatic N) is 1. The molecule has 0 aliphatic rings. The monoisotopic (exact) mass is 254 g/mol. The largest absolute Gasteiger partial charge is 0.327 e. The van der Waals surface area contributed by atoms with Gasteiger partial charge >= 0.3 is 0 Å². The number of nitriles is 1. The lowest BCUT2D eigenvalue weighted by Crippen LogP contribution is -2.26. The van der Waals surface area contributed by atoms with Gasteiger partial charge < -0.3 is 5.73 Å². The number of rotatable bonds is 5. The number of hydrogen-bond donors (Lipinski definition) is 1. The van der Waals surface area contributed by atoms with Gasteiger partial charge in [0.05, 0.1) is 11.6 Å². The van der Waals surface area contributed by atoms with E-state index < -0.39 is 16.6 Å². The van der Waals surface area contributed by atoms with Crippen molar-refractivity contribution in [3.05, 3.63) is 35.1 Å². The van der Waals surface area contributed by atoms with E-state index in [2.05, 4.69) is 0 Å². The van der Waals surface area contributed by atoms with Crippen LogP contribution in [0.2, 0.25) is 0 Å². The Bertz CT molecular complexity index is 456. The Labute approximate surface area is 103 Å². The zero-order chi connectivity index (χ0) is 12.8. The normalized spacial score (nSPS) is 14.0. The molecule has 1 rings (SSSR count). The quantitative estimate of drug-likeness (QED) is 0.869. The minimum Gasteiger partial charge on any atom is -0.327 e. The molecular weight excluding hydrogens is 239 g/mol. The maximum Gasteiger partial charge on any atom is 0.124 e. The Morgan fingerprint density at radius 1 is 1.53 bits per heavy atom. The maximum absolute atomic E-state index is 13.1. The zero-order valence-electron chi connectivity index (χ0n) is 9.65. The highest BCUT2D eigenvalue weighted by Gasteiger charge is 2.08. The Balaban J connectivity index is 2.72. The van der Waals surface area contributed by atoms with E-state index >= 15 is 0 Å². The van der Waals surface area contributed by atoms with Crippen LogP contribution < -0.4 is 5.73 Å². The first kappa shape index (κ1) is 13.8. The molecule has 2 unspecified atom stereocenters. The molecule has 5 heteroatoms. The van der Waals surface area contributed by atoms with Crippen LogP contribution in [0.3, 0.4) is 0 Å². The minimum absolute atomic E-state index is 0.0974. The molecule has 1 aromatic rings. The molecule has 92 valence electrons. The SMILES string of the molecule is CCC(N)CS(=O)Cc1cc(F)cc(C#N)c1. The standard InChI is InChI=1S/C12H15FN2OS/c1-2-12(15)8-17(16)7-10-3-9(6-14)4-11(13)5-10/h3-5,12H,2,7-8,15H2,1H3. The van der Waals surface area contributed by atoms with Gasteiger partial charge in [0, 0.05) is 28.3 Å². The van der Waals surface area contributed by atoms with Crippen LogP contribution in [0.25, 0.3) is 0 Å². The van der Waals surface area contributed by atoms with Gasteiger partial charge in [-0.2, -0.15) is 5.26 Å². The van der Waals surface area contributed by atoms with E-state index in [4.69, 9.17) is 11.0 Å². The van der Waals surface area contributed by atoms with Crippen molar-refractivity contribution in [1.29, 1.82) is 5.26 Å². The van der Waals surface area contributed by atoms with Gasteiger partial charge in [0.1, 0.15) is 5.82 Å². The molecular formula is C12H15FN2OS. The fourth-order valence-corrected chi connectivity index (χ4v) is 2.77. The molecule has 0 heterocycles. The fraction of sp³-hybridized carbons (Fsp3) is 0.417. The van der Waals surface area contributed by atoms with Crippen molar-refractivity contribution in [2.45, 2.75) is 25.1 Å². The van der Waals surface area contributed by atoms with Crippen LogP contribution in [0.4, 0.5) is 4.39 Å². The van der Waals surface area contributed by atoms with Crippen molar-refractivity contribution in [2.75, 3.05) is 5.75 Å². The molecule has 0 aromatic heterocycles. The predicted molar refractivity (Wildman–Crippen MR) is 66.1 cm³/mol. The Morgan fingerprint density at radius 3 is 2.82 bits per heavy atom. The highest BCUT2D eigenvalue weighted by atomic mass is 32.2. The Morgan fingerprint density at radius 2 is 2.24 bits per heavy atom. The van der Waals surface area contributed by atoms with Gasteiger partial charge in [-0.15, -0.1) is 0 Å². The third-order valence-electron chi connectivity index (χ3n) is 2.34. The third-order valence-corrected chi connectivity index (χ3v) is 3.79. The highest BCUT2D eigenvalue weighted by molar-refractivity contribution is 7.84. The summed E-state index contributed by atoms with van der Waals surface area (Å²) in [4.78, 5) is 0. The van der Waals surface area contributed by atoms with Crippen molar-refractivity contribution in [2.24, 2.45) is 5.73 Å². The van der Waals surface area contributed by atoms with E-state index in [9.17, 15) is 8.60 Å². The first-order valence-electron chi connectivity index (χ1n) is 5.35. The number of halogens is 1. The van der Waals surface area contributed by atoms with E-state index in [0.717, 1.165) is 12.5 Å². The lowest BCUT2D eigenvalue weighted by molar-refractivity contribution is 0.625. The molecule has 17 heavy (non-hydrogen) atoms. The molecule has 3 nitrogen and oxygen atoms in total. The van der Waals surface area contributed by atoms with Crippen LogP contribution in [-0.2, 0) is 16.6 Å². The molecule has 2 N–H and O–H groups in total. The Kier molecular flexibility index (Phi) is 5.26. The first-order chi connectivity index (χ1) is 8.05. The van der Waals surface area contributed by atoms with Crippen LogP contribution >= 0.6 is 0 Å². The summed E-state index contributed by atoms with van der Waals surface area (Å²) in [5.74, 6) is 0.158. The maximum atomic E-state index is 13.1. The average molecular weight is 254 g/mol. The van der Waals surface area contributed by atoms with E-state index in [0.29, 0.717) is 11.3 Å². The van der Waals surface area contributed by atoms with E-state index in [1.807, 2.05) is 13.0 Å². The van der Waals surface area contributed by atoms with Gasteiger partial charge in [-0.25, -0.2) is 4.39 Å². The van der Waals surface area contributed by atoms with Crippen molar-refractivity contribution < 1.29 is 8.60 Å². The molecule has 2 atom stereocenters. The van der Waals surface area contributed by atoms with Crippen LogP contribution in [0, 0.1) is 17.1 Å². The van der Waals surface area contributed by atoms with Crippen molar-refractivity contribution in [3.8, 4) is 6.07 Å². The lowest BCUT2D eigenvalue weighted by atomic mass is 10.1. The molecule has 0 aliphatic carbocycles. The van der Waals surface area contributed by atoms with E-state index in [1.165, 1.54) is 6.07 Å². The van der Waals surface area contributed by atoms with Crippen LogP contribution in [0.5, 0.6) is 0 Å². The smallest absolute Gasteiger partial charge is 0.124 e. The summed E-state index contributed by atoms with van der Waals surface area (Å²) < 4.78 is 24.8. The molecule has 0 aliphatic heterocycles. The predicted octanol–water partition coefficient (Wildman–Crippen LogP) is 1.68. The first-order valence-corrected chi connectivity index (χ1v) is 6.84. The van der Waals surface area contributed by atoms with E-state index in [1.54, 1.807) is 6.07 Å². The third kappa shape index (κ3) is 4.63. The van der Waals surface area contributed by atoms with Crippen LogP contribution in [-0.4, -0.2) is 16.0 Å². The van der Waals surface area contributed by atoms with Gasteiger partial charge in [-0.3, -0.25) is 4.21 Å². The number of nitrogens with two attached hydrogens (primary N) is 1. The molecule has 0 saturated heterocycles. The Hall–Kier alpha value is -1.25. The second-order valence-electron chi connectivity index (χ2n) is 3.88. The second kappa shape index (κ2) is 6.48. The molecule has 0 saturated carbocycles. The lowest BCUT2D eigenvalue weighted by Gasteiger charge is -2.08. The van der Waals surface area contributed by atoms with Crippen LogP contribution in [0.15, 0.2) is 18.2 Å². The van der Waals surface area contributed by atoms with Gasteiger partial charge in [0.2, 0.25) is 0 Å². The topological polar surface area (TPSA) is 66.9 Å². The van der Waals surface area contributed by atoms with Gasteiger partial charge in [-0.05, 0) is 30.2 Å². The summed E-state index contributed by atoms with van der Waals surface area (Å²) in [5, 5.41) is 8.69. The molecule has 0 amide bonds. The summed E-state index contributed by atoms with van der Waals surface area (Å²) in [6, 6.07) is 5.79. The molecule has 0 fully saturated rings. The zero-order valence-corrected chi connectivity index (χ0v) is 10.5. The van der Waals surface area contributed by atoms with E-state index in [-0.39, 0.29) is 17.4 Å². The number of hydrogen-bond acceptors (Lipinski definition) is 3. The minimum atomic E-state index is -1.12. The molecule has 1 aromatic carbocycles. The summed E-state index contributed by atoms with van der Waals surface area (Å²) in [6.07, 6.45) is 0.762. The highest BCUT2D eigenvalue weighted by Crippen LogP contribution is 2.11. The average Bonchev–Trinajstić information content (AvgIpc) is 2.27. The number of benzene rings is 1. The summed E-state index contributed by atoms with van der Waals surface area (Å²) >= 11 is 0. The summed E-state index contributed by atoms with van der Waals surface area (Å²) in [5.41, 5.74) is 6.51. The molecule has 0 spiro atoms. The molecule has 0 radical (unpaired) electrons. The molecule has 0 bridgehead atoms. The van der Waals surface area contributed by atoms with Gasteiger partial charge in [-0.1, -0.05) is 6.92 Å². The van der Waals surface area contributed by atoms with Gasteiger partial charge in [0.15, 0.2) is 0 Å². The summed E-state index contributed by atoms with van der Waals surface area (Å²) in [7, 11) is -1.12. The van der Waals surface area contributed by atoms with Gasteiger partial charge in [0.25, 0.3) is 0 Å². The summed E-state index contributed by atoms with van der Waals surface area (Å²) in [6.45, 7) is 1.93. The van der Waals surface area contributed by atoms with Crippen molar-refractivity contribution >= 4 is 10.8 Å². The van der Waals surface area contributed by atoms with Crippen molar-refractivity contribution in [1.82, 2.24) is 0 Å². The van der Waals surface area contributed by atoms with Crippen LogP contribution in [0.1, 0.15) is 24.5 Å². The van der Waals surface area contributed by atoms with Crippen molar-refractivity contribution in [3.63, 3.8) is 0 Å².